The fraction of sp³-hybridized carbons (Fsp3) is 0.200. The van der Waals surface area contributed by atoms with Crippen LogP contribution in [0.3, 0.4) is 0 Å². The highest BCUT2D eigenvalue weighted by atomic mass is 16.4. The lowest BCUT2D eigenvalue weighted by Gasteiger charge is -2.08. The van der Waals surface area contributed by atoms with E-state index in [1.165, 1.54) is 0 Å². The third kappa shape index (κ3) is 2.80. The summed E-state index contributed by atoms with van der Waals surface area (Å²) in [7, 11) is 0. The van der Waals surface area contributed by atoms with Crippen LogP contribution in [0, 0.1) is 6.92 Å². The van der Waals surface area contributed by atoms with E-state index in [0.29, 0.717) is 6.42 Å². The van der Waals surface area contributed by atoms with Crippen LogP contribution in [0.25, 0.3) is 0 Å². The zero-order chi connectivity index (χ0) is 9.84. The highest BCUT2D eigenvalue weighted by Crippen LogP contribution is 2.05. The van der Waals surface area contributed by atoms with Gasteiger partial charge in [0.05, 0.1) is 0 Å². The summed E-state index contributed by atoms with van der Waals surface area (Å²) in [5.74, 6) is -0.973. The van der Waals surface area contributed by atoms with E-state index < -0.39 is 12.0 Å². The molecule has 0 amide bonds. The molecule has 0 saturated carbocycles. The molecule has 3 N–H and O–H groups in total. The van der Waals surface area contributed by atoms with Gasteiger partial charge in [-0.1, -0.05) is 5.56 Å². The van der Waals surface area contributed by atoms with Gasteiger partial charge in [0.2, 0.25) is 0 Å². The molecule has 0 saturated heterocycles. The van der Waals surface area contributed by atoms with E-state index in [1.54, 1.807) is 0 Å². The maximum absolute atomic E-state index is 10.4. The minimum atomic E-state index is -0.973. The third-order valence-electron chi connectivity index (χ3n) is 1.80. The molecular weight excluding hydrogens is 166 g/mol. The summed E-state index contributed by atoms with van der Waals surface area (Å²) in [5.41, 5.74) is 7.20. The predicted molar refractivity (Wildman–Crippen MR) is 50.2 cm³/mol. The van der Waals surface area contributed by atoms with Crippen LogP contribution >= 0.6 is 0 Å². The second-order valence-electron chi connectivity index (χ2n) is 2.97. The second-order valence-corrected chi connectivity index (χ2v) is 2.97. The third-order valence-corrected chi connectivity index (χ3v) is 1.80. The molecule has 13 heavy (non-hydrogen) atoms. The van der Waals surface area contributed by atoms with Crippen LogP contribution in [-0.2, 0) is 11.2 Å². The van der Waals surface area contributed by atoms with Crippen molar-refractivity contribution in [2.24, 2.45) is 5.73 Å². The lowest BCUT2D eigenvalue weighted by atomic mass is 10.1. The maximum atomic E-state index is 10.4. The molecule has 1 aromatic carbocycles. The molecule has 0 bridgehead atoms. The summed E-state index contributed by atoms with van der Waals surface area (Å²) >= 11 is 0. The molecule has 0 fully saturated rings. The van der Waals surface area contributed by atoms with E-state index in [9.17, 15) is 4.79 Å². The minimum Gasteiger partial charge on any atom is -0.480 e. The van der Waals surface area contributed by atoms with Gasteiger partial charge in [0, 0.05) is 0 Å². The summed E-state index contributed by atoms with van der Waals surface area (Å²) in [6.07, 6.45) is 0.357. The molecular formula is C10H12NO2-. The molecule has 0 radical (unpaired) electrons. The van der Waals surface area contributed by atoms with Crippen LogP contribution < -0.4 is 5.73 Å². The van der Waals surface area contributed by atoms with Gasteiger partial charge in [-0.2, -0.15) is 24.6 Å². The molecule has 1 aromatic rings. The highest BCUT2D eigenvalue weighted by molar-refractivity contribution is 5.73. The highest BCUT2D eigenvalue weighted by Gasteiger charge is 2.10. The summed E-state index contributed by atoms with van der Waals surface area (Å²) in [4.78, 5) is 10.4. The molecule has 3 nitrogen and oxygen atoms in total. The summed E-state index contributed by atoms with van der Waals surface area (Å²) in [6.45, 7) is 3.73. The van der Waals surface area contributed by atoms with Crippen LogP contribution in [0.15, 0.2) is 24.3 Å². The molecule has 0 aliphatic carbocycles. The fourth-order valence-electron chi connectivity index (χ4n) is 1.02. The van der Waals surface area contributed by atoms with E-state index >= 15 is 0 Å². The zero-order valence-corrected chi connectivity index (χ0v) is 7.23. The van der Waals surface area contributed by atoms with Gasteiger partial charge in [-0.3, -0.25) is 4.79 Å². The molecule has 0 spiro atoms. The second kappa shape index (κ2) is 3.96. The van der Waals surface area contributed by atoms with E-state index in [0.717, 1.165) is 11.1 Å². The van der Waals surface area contributed by atoms with Crippen molar-refractivity contribution in [1.29, 1.82) is 0 Å². The van der Waals surface area contributed by atoms with Crippen molar-refractivity contribution in [2.75, 3.05) is 0 Å². The molecule has 1 rings (SSSR count). The van der Waals surface area contributed by atoms with Gasteiger partial charge in [-0.25, -0.2) is 0 Å². The van der Waals surface area contributed by atoms with Crippen molar-refractivity contribution < 1.29 is 9.90 Å². The first-order valence-electron chi connectivity index (χ1n) is 3.99. The lowest BCUT2D eigenvalue weighted by Crippen LogP contribution is -2.32. The van der Waals surface area contributed by atoms with Gasteiger partial charge in [0.15, 0.2) is 0 Å². The van der Waals surface area contributed by atoms with Crippen molar-refractivity contribution in [3.8, 4) is 0 Å². The van der Waals surface area contributed by atoms with Crippen molar-refractivity contribution in [1.82, 2.24) is 0 Å². The first kappa shape index (κ1) is 9.61. The Hall–Kier alpha value is -1.48. The molecule has 3 heteroatoms. The van der Waals surface area contributed by atoms with Crippen LogP contribution in [0.4, 0.5) is 0 Å². The monoisotopic (exact) mass is 178 g/mol. The van der Waals surface area contributed by atoms with Gasteiger partial charge in [0.1, 0.15) is 6.04 Å². The number of hydrogen-bond acceptors (Lipinski definition) is 2. The Balaban J connectivity index is 2.64. The number of carboxylic acid groups (broad SMARTS) is 1. The van der Waals surface area contributed by atoms with Crippen molar-refractivity contribution in [3.63, 3.8) is 0 Å². The quantitative estimate of drug-likeness (QED) is 0.673. The standard InChI is InChI=1S/C10H12NO2/c1-7-2-4-8(5-3-7)6-9(11)10(12)13/h2-5,9H,1,6,11H2,(H,12,13)/q-1. The van der Waals surface area contributed by atoms with E-state index in [2.05, 4.69) is 6.92 Å². The molecule has 0 aromatic heterocycles. The maximum Gasteiger partial charge on any atom is 0.320 e. The normalized spacial score (nSPS) is 12.4. The summed E-state index contributed by atoms with van der Waals surface area (Å²) < 4.78 is 0. The van der Waals surface area contributed by atoms with Gasteiger partial charge in [-0.15, -0.1) is 12.1 Å². The van der Waals surface area contributed by atoms with Crippen molar-refractivity contribution in [2.45, 2.75) is 12.5 Å². The van der Waals surface area contributed by atoms with Gasteiger partial charge in [-0.05, 0) is 6.42 Å². The minimum absolute atomic E-state index is 0.357. The Bertz CT molecular complexity index is 292. The number of carbonyl (C=O) groups is 1. The van der Waals surface area contributed by atoms with Crippen molar-refractivity contribution in [3.05, 3.63) is 42.3 Å². The number of nitrogens with two attached hydrogens (primary N) is 1. The van der Waals surface area contributed by atoms with Crippen LogP contribution in [-0.4, -0.2) is 17.1 Å². The average molecular weight is 178 g/mol. The first-order valence-corrected chi connectivity index (χ1v) is 3.99. The Labute approximate surface area is 77.2 Å². The Kier molecular flexibility index (Phi) is 2.93. The largest absolute Gasteiger partial charge is 0.480 e. The van der Waals surface area contributed by atoms with E-state index in [-0.39, 0.29) is 0 Å². The van der Waals surface area contributed by atoms with Crippen LogP contribution in [0.2, 0.25) is 0 Å². The average Bonchev–Trinajstić information content (AvgIpc) is 2.08. The molecule has 70 valence electrons. The topological polar surface area (TPSA) is 63.3 Å². The van der Waals surface area contributed by atoms with E-state index in [1.807, 2.05) is 24.3 Å². The Morgan fingerprint density at radius 1 is 1.46 bits per heavy atom. The van der Waals surface area contributed by atoms with Crippen molar-refractivity contribution >= 4 is 5.97 Å². The number of hydrogen-bond donors (Lipinski definition) is 2. The summed E-state index contributed by atoms with van der Waals surface area (Å²) in [5, 5.41) is 8.56. The predicted octanol–water partition coefficient (Wildman–Crippen LogP) is 0.823. The lowest BCUT2D eigenvalue weighted by molar-refractivity contribution is -0.138. The van der Waals surface area contributed by atoms with Gasteiger partial charge in [0.25, 0.3) is 0 Å². The first-order chi connectivity index (χ1) is 6.09. The Morgan fingerprint density at radius 2 is 2.00 bits per heavy atom. The SMILES string of the molecule is [CH2-]c1ccc(CC(N)C(=O)O)cc1. The Morgan fingerprint density at radius 3 is 2.46 bits per heavy atom. The number of carboxylic acids is 1. The van der Waals surface area contributed by atoms with Gasteiger partial charge >= 0.3 is 5.97 Å². The molecule has 0 heterocycles. The molecule has 0 aliphatic rings. The van der Waals surface area contributed by atoms with Crippen LogP contribution in [0.1, 0.15) is 11.1 Å². The molecule has 1 unspecified atom stereocenters. The van der Waals surface area contributed by atoms with Gasteiger partial charge < -0.3 is 10.8 Å². The number of rotatable bonds is 3. The smallest absolute Gasteiger partial charge is 0.320 e. The van der Waals surface area contributed by atoms with E-state index in [4.69, 9.17) is 10.8 Å². The molecule has 0 aliphatic heterocycles. The zero-order valence-electron chi connectivity index (χ0n) is 7.23. The number of aliphatic carboxylic acids is 1. The molecule has 1 atom stereocenters. The number of benzene rings is 1. The van der Waals surface area contributed by atoms with Crippen LogP contribution in [0.5, 0.6) is 0 Å². The fourth-order valence-corrected chi connectivity index (χ4v) is 1.02. The summed E-state index contributed by atoms with van der Waals surface area (Å²) in [6, 6.07) is 6.53.